The maximum atomic E-state index is 13.3. The first-order valence-corrected chi connectivity index (χ1v) is 10.3. The van der Waals surface area contributed by atoms with Crippen LogP contribution in [0.15, 0.2) is 23.0 Å². The summed E-state index contributed by atoms with van der Waals surface area (Å²) in [6, 6.07) is 6.03. The number of benzene rings is 1. The van der Waals surface area contributed by atoms with Gasteiger partial charge in [-0.15, -0.1) is 0 Å². The van der Waals surface area contributed by atoms with Crippen molar-refractivity contribution < 1.29 is 9.53 Å². The Hall–Kier alpha value is -2.11. The number of ether oxygens (including phenoxy) is 1. The lowest BCUT2D eigenvalue weighted by molar-refractivity contribution is 0.102. The molecule has 0 aliphatic heterocycles. The number of hydrogen-bond acceptors (Lipinski definition) is 3. The largest absolute Gasteiger partial charge is 0.383 e. The van der Waals surface area contributed by atoms with Crippen molar-refractivity contribution >= 4 is 23.2 Å². The van der Waals surface area contributed by atoms with Gasteiger partial charge in [0, 0.05) is 30.7 Å². The Morgan fingerprint density at radius 2 is 1.66 bits per heavy atom. The summed E-state index contributed by atoms with van der Waals surface area (Å²) in [6.07, 6.45) is 0. The highest BCUT2D eigenvalue weighted by atomic mass is 35.5. The molecule has 1 aromatic heterocycles. The third-order valence-corrected chi connectivity index (χ3v) is 5.72. The number of carbonyl (C=O) groups is 1. The fourth-order valence-electron chi connectivity index (χ4n) is 3.60. The highest BCUT2D eigenvalue weighted by Crippen LogP contribution is 2.32. The second-order valence-corrected chi connectivity index (χ2v) is 8.29. The van der Waals surface area contributed by atoms with E-state index < -0.39 is 11.3 Å². The SMILES string of the molecule is COCCn1c(C)c(Cl)c(=O)c(C(=O)Nc2c(C(C)C)cccc2C(C)C)c1C. The predicted molar refractivity (Wildman–Crippen MR) is 120 cm³/mol. The molecule has 158 valence electrons. The highest BCUT2D eigenvalue weighted by molar-refractivity contribution is 6.31. The lowest BCUT2D eigenvalue weighted by Crippen LogP contribution is -2.29. The Bertz CT molecular complexity index is 935. The molecule has 0 aliphatic rings. The summed E-state index contributed by atoms with van der Waals surface area (Å²) in [6.45, 7) is 12.8. The van der Waals surface area contributed by atoms with E-state index in [1.807, 2.05) is 22.8 Å². The van der Waals surface area contributed by atoms with E-state index in [1.54, 1.807) is 21.0 Å². The van der Waals surface area contributed by atoms with E-state index >= 15 is 0 Å². The Kier molecular flexibility index (Phi) is 7.66. The molecule has 6 heteroatoms. The van der Waals surface area contributed by atoms with Crippen LogP contribution in [0.4, 0.5) is 5.69 Å². The molecule has 0 bridgehead atoms. The molecule has 2 aromatic rings. The van der Waals surface area contributed by atoms with Gasteiger partial charge in [-0.1, -0.05) is 57.5 Å². The molecule has 2 rings (SSSR count). The molecule has 0 saturated carbocycles. The number of methoxy groups -OCH3 is 1. The third-order valence-electron chi connectivity index (χ3n) is 5.27. The van der Waals surface area contributed by atoms with Crippen molar-refractivity contribution in [1.29, 1.82) is 0 Å². The zero-order valence-electron chi connectivity index (χ0n) is 18.4. The van der Waals surface area contributed by atoms with Crippen molar-refractivity contribution in [2.45, 2.75) is 59.9 Å². The van der Waals surface area contributed by atoms with E-state index in [4.69, 9.17) is 16.3 Å². The van der Waals surface area contributed by atoms with Gasteiger partial charge in [0.25, 0.3) is 5.91 Å². The Morgan fingerprint density at radius 3 is 2.14 bits per heavy atom. The van der Waals surface area contributed by atoms with Crippen molar-refractivity contribution in [3.63, 3.8) is 0 Å². The summed E-state index contributed by atoms with van der Waals surface area (Å²) < 4.78 is 7.02. The maximum absolute atomic E-state index is 13.3. The first-order chi connectivity index (χ1) is 13.6. The molecule has 0 fully saturated rings. The van der Waals surface area contributed by atoms with E-state index in [0.717, 1.165) is 16.8 Å². The van der Waals surface area contributed by atoms with Crippen LogP contribution in [0.1, 0.15) is 72.4 Å². The lowest BCUT2D eigenvalue weighted by Gasteiger charge is -2.22. The number of rotatable bonds is 7. The molecule has 0 unspecified atom stereocenters. The molecule has 0 radical (unpaired) electrons. The molecule has 1 aromatic carbocycles. The second kappa shape index (κ2) is 9.59. The summed E-state index contributed by atoms with van der Waals surface area (Å²) >= 11 is 6.30. The number of para-hydroxylation sites is 1. The molecule has 1 N–H and O–H groups in total. The first kappa shape index (κ1) is 23.2. The normalized spacial score (nSPS) is 11.4. The number of aromatic nitrogens is 1. The van der Waals surface area contributed by atoms with Gasteiger partial charge in [0.05, 0.1) is 6.61 Å². The smallest absolute Gasteiger partial charge is 0.261 e. The number of amides is 1. The van der Waals surface area contributed by atoms with E-state index in [1.165, 1.54) is 0 Å². The zero-order chi connectivity index (χ0) is 21.9. The van der Waals surface area contributed by atoms with Gasteiger partial charge in [0.1, 0.15) is 10.6 Å². The maximum Gasteiger partial charge on any atom is 0.261 e. The molecule has 1 heterocycles. The number of anilines is 1. The number of nitrogens with zero attached hydrogens (tertiary/aromatic N) is 1. The topological polar surface area (TPSA) is 60.3 Å². The molecule has 29 heavy (non-hydrogen) atoms. The monoisotopic (exact) mass is 418 g/mol. The van der Waals surface area contributed by atoms with Crippen LogP contribution in [0.5, 0.6) is 0 Å². The van der Waals surface area contributed by atoms with Crippen molar-refractivity contribution in [1.82, 2.24) is 4.57 Å². The predicted octanol–water partition coefficient (Wildman–Crippen LogP) is 5.26. The second-order valence-electron chi connectivity index (χ2n) is 7.91. The van der Waals surface area contributed by atoms with Crippen LogP contribution in [0.3, 0.4) is 0 Å². The van der Waals surface area contributed by atoms with Crippen LogP contribution in [-0.4, -0.2) is 24.2 Å². The van der Waals surface area contributed by atoms with Crippen LogP contribution < -0.4 is 10.7 Å². The number of hydrogen-bond donors (Lipinski definition) is 1. The highest BCUT2D eigenvalue weighted by Gasteiger charge is 2.23. The van der Waals surface area contributed by atoms with Crippen LogP contribution >= 0.6 is 11.6 Å². The van der Waals surface area contributed by atoms with Crippen molar-refractivity contribution in [2.75, 3.05) is 19.0 Å². The minimum absolute atomic E-state index is 0.0677. The quantitative estimate of drug-likeness (QED) is 0.666. The van der Waals surface area contributed by atoms with Gasteiger partial charge in [-0.25, -0.2) is 0 Å². The van der Waals surface area contributed by atoms with Gasteiger partial charge in [-0.2, -0.15) is 0 Å². The van der Waals surface area contributed by atoms with Crippen LogP contribution in [0, 0.1) is 13.8 Å². The summed E-state index contributed by atoms with van der Waals surface area (Å²) in [5.74, 6) is 0.0192. The van der Waals surface area contributed by atoms with Crippen molar-refractivity contribution in [3.8, 4) is 0 Å². The molecule has 5 nitrogen and oxygen atoms in total. The fourth-order valence-corrected chi connectivity index (χ4v) is 3.80. The molecule has 0 aliphatic carbocycles. The molecule has 0 spiro atoms. The lowest BCUT2D eigenvalue weighted by atomic mass is 9.92. The Morgan fingerprint density at radius 1 is 1.10 bits per heavy atom. The van der Waals surface area contributed by atoms with Gasteiger partial charge in [-0.05, 0) is 36.8 Å². The zero-order valence-corrected chi connectivity index (χ0v) is 19.1. The minimum atomic E-state index is -0.444. The summed E-state index contributed by atoms with van der Waals surface area (Å²) in [4.78, 5) is 26.1. The van der Waals surface area contributed by atoms with E-state index in [-0.39, 0.29) is 22.4 Å². The van der Waals surface area contributed by atoms with E-state index in [2.05, 4.69) is 33.0 Å². The first-order valence-electron chi connectivity index (χ1n) is 9.94. The van der Waals surface area contributed by atoms with Crippen LogP contribution in [0.25, 0.3) is 0 Å². The van der Waals surface area contributed by atoms with Crippen molar-refractivity contribution in [3.05, 3.63) is 61.5 Å². The van der Waals surface area contributed by atoms with Gasteiger partial charge in [-0.3, -0.25) is 9.59 Å². The number of nitrogens with one attached hydrogen (secondary N) is 1. The fraction of sp³-hybridized carbons (Fsp3) is 0.478. The summed E-state index contributed by atoms with van der Waals surface area (Å²) in [5.41, 5.74) is 3.71. The summed E-state index contributed by atoms with van der Waals surface area (Å²) in [5, 5.41) is 3.10. The van der Waals surface area contributed by atoms with Crippen molar-refractivity contribution in [2.24, 2.45) is 0 Å². The molecular weight excluding hydrogens is 388 g/mol. The van der Waals surface area contributed by atoms with Crippen LogP contribution in [0.2, 0.25) is 5.02 Å². The average Bonchev–Trinajstić information content (AvgIpc) is 2.66. The Labute approximate surface area is 178 Å². The van der Waals surface area contributed by atoms with Crippen LogP contribution in [-0.2, 0) is 11.3 Å². The van der Waals surface area contributed by atoms with E-state index in [0.29, 0.717) is 24.5 Å². The van der Waals surface area contributed by atoms with Gasteiger partial charge < -0.3 is 14.6 Å². The van der Waals surface area contributed by atoms with E-state index in [9.17, 15) is 9.59 Å². The minimum Gasteiger partial charge on any atom is -0.383 e. The van der Waals surface area contributed by atoms with Gasteiger partial charge in [0.15, 0.2) is 0 Å². The summed E-state index contributed by atoms with van der Waals surface area (Å²) in [7, 11) is 1.61. The Balaban J connectivity index is 2.61. The standard InChI is InChI=1S/C23H31ClN2O3/c1-13(2)17-9-8-10-18(14(3)4)21(17)25-23(28)19-15(5)26(11-12-29-7)16(6)20(24)22(19)27/h8-10,13-14H,11-12H2,1-7H3,(H,25,28). The number of carbonyl (C=O) groups excluding carboxylic acids is 1. The molecule has 0 atom stereocenters. The molecular formula is C23H31ClN2O3. The number of halogens is 1. The van der Waals surface area contributed by atoms with Gasteiger partial charge in [0.2, 0.25) is 5.43 Å². The molecule has 0 saturated heterocycles. The van der Waals surface area contributed by atoms with Gasteiger partial charge >= 0.3 is 0 Å². The number of pyridine rings is 1. The average molecular weight is 419 g/mol. The third kappa shape index (κ3) is 4.73. The molecule has 1 amide bonds.